The van der Waals surface area contributed by atoms with E-state index in [1.54, 1.807) is 0 Å². The zero-order valence-corrected chi connectivity index (χ0v) is 25.8. The highest BCUT2D eigenvalue weighted by molar-refractivity contribution is 5.98. The van der Waals surface area contributed by atoms with Crippen molar-refractivity contribution in [2.75, 3.05) is 7.05 Å². The van der Waals surface area contributed by atoms with Gasteiger partial charge in [0.15, 0.2) is 0 Å². The van der Waals surface area contributed by atoms with Crippen LogP contribution in [0.2, 0.25) is 0 Å². The summed E-state index contributed by atoms with van der Waals surface area (Å²) >= 11 is 0. The molecule has 0 bridgehead atoms. The van der Waals surface area contributed by atoms with Crippen molar-refractivity contribution in [3.8, 4) is 0 Å². The molecule has 0 aliphatic heterocycles. The predicted octanol–water partition coefficient (Wildman–Crippen LogP) is 10.5. The van der Waals surface area contributed by atoms with E-state index in [0.29, 0.717) is 0 Å². The first-order chi connectivity index (χ1) is 19.1. The van der Waals surface area contributed by atoms with Crippen LogP contribution in [-0.2, 0) is 10.8 Å². The average Bonchev–Trinajstić information content (AvgIpc) is 3.43. The van der Waals surface area contributed by atoms with Crippen molar-refractivity contribution in [3.05, 3.63) is 117 Å². The Kier molecular flexibility index (Phi) is 8.38. The minimum atomic E-state index is 0.138. The Morgan fingerprint density at radius 3 is 1.23 bits per heavy atom. The number of hydrogen-bond acceptors (Lipinski definition) is 1. The topological polar surface area (TPSA) is 26.0 Å². The van der Waals surface area contributed by atoms with Gasteiger partial charge in [-0.05, 0) is 101 Å². The molecule has 2 aliphatic rings. The van der Waals surface area contributed by atoms with Crippen LogP contribution in [0.5, 0.6) is 0 Å². The van der Waals surface area contributed by atoms with Crippen molar-refractivity contribution in [2.24, 2.45) is 5.73 Å². The molecule has 0 saturated carbocycles. The lowest BCUT2D eigenvalue weighted by Crippen LogP contribution is -2.14. The highest BCUT2D eigenvalue weighted by atomic mass is 14.4. The third-order valence-electron chi connectivity index (χ3n) is 8.43. The largest absolute Gasteiger partial charge is 0.333 e. The van der Waals surface area contributed by atoms with Crippen LogP contribution < -0.4 is 5.73 Å². The molecule has 0 saturated heterocycles. The van der Waals surface area contributed by atoms with Crippen molar-refractivity contribution < 1.29 is 0 Å². The summed E-state index contributed by atoms with van der Waals surface area (Å²) in [5.74, 6) is 0. The Morgan fingerprint density at radius 1 is 0.525 bits per heavy atom. The number of nitrogens with two attached hydrogens (primary N) is 1. The van der Waals surface area contributed by atoms with E-state index in [-0.39, 0.29) is 10.8 Å². The lowest BCUT2D eigenvalue weighted by molar-refractivity contribution is 0.684. The van der Waals surface area contributed by atoms with E-state index in [1.807, 2.05) is 0 Å². The van der Waals surface area contributed by atoms with Gasteiger partial charge in [-0.15, -0.1) is 0 Å². The van der Waals surface area contributed by atoms with E-state index in [0.717, 1.165) is 0 Å². The molecule has 0 fully saturated rings. The quantitative estimate of drug-likeness (QED) is 0.276. The maximum absolute atomic E-state index is 4.50. The van der Waals surface area contributed by atoms with E-state index in [1.165, 1.54) is 73.1 Å². The molecule has 4 aromatic carbocycles. The number of rotatable bonds is 2. The van der Waals surface area contributed by atoms with Crippen LogP contribution in [0.25, 0.3) is 45.8 Å². The number of aryl methyl sites for hydroxylation is 2. The first-order valence-corrected chi connectivity index (χ1v) is 14.4. The number of allylic oxidation sites excluding steroid dienone is 4. The van der Waals surface area contributed by atoms with Crippen LogP contribution in [0.15, 0.2) is 72.8 Å². The summed E-state index contributed by atoms with van der Waals surface area (Å²) in [5.41, 5.74) is 15.9. The summed E-state index contributed by atoms with van der Waals surface area (Å²) < 4.78 is 0. The SMILES string of the molecule is CC1(C)C=Cc2ccc3c4c(ccc3c21)C=CC4(C)C.CC=Cc1ccc2c(C)c(C=CC)ccc2c1C.CN. The number of hydrogen-bond donors (Lipinski definition) is 1. The smallest absolute Gasteiger partial charge is 0.00907 e. The van der Waals surface area contributed by atoms with E-state index in [4.69, 9.17) is 0 Å². The van der Waals surface area contributed by atoms with E-state index in [9.17, 15) is 0 Å². The monoisotopic (exact) mass is 527 g/mol. The molecule has 0 atom stereocenters. The molecule has 0 amide bonds. The van der Waals surface area contributed by atoms with Crippen molar-refractivity contribution in [3.63, 3.8) is 0 Å². The second-order valence-corrected chi connectivity index (χ2v) is 11.9. The van der Waals surface area contributed by atoms with Crippen molar-refractivity contribution >= 4 is 45.8 Å². The summed E-state index contributed by atoms with van der Waals surface area (Å²) in [6, 6.07) is 18.1. The van der Waals surface area contributed by atoms with Crippen molar-refractivity contribution in [2.45, 2.75) is 66.2 Å². The molecule has 40 heavy (non-hydrogen) atoms. The molecule has 2 aliphatic carbocycles. The maximum Gasteiger partial charge on any atom is 0.00907 e. The second kappa shape index (κ2) is 11.4. The second-order valence-electron chi connectivity index (χ2n) is 11.9. The molecule has 0 radical (unpaired) electrons. The molecule has 4 aromatic rings. The van der Waals surface area contributed by atoms with Gasteiger partial charge in [-0.2, -0.15) is 0 Å². The van der Waals surface area contributed by atoms with Crippen molar-refractivity contribution in [1.29, 1.82) is 0 Å². The van der Waals surface area contributed by atoms with Crippen LogP contribution >= 0.6 is 0 Å². The van der Waals surface area contributed by atoms with E-state index in [2.05, 4.69) is 158 Å². The predicted molar refractivity (Wildman–Crippen MR) is 181 cm³/mol. The summed E-state index contributed by atoms with van der Waals surface area (Å²) in [5, 5.41) is 5.56. The molecule has 0 unspecified atom stereocenters. The Bertz CT molecular complexity index is 1560. The summed E-state index contributed by atoms with van der Waals surface area (Å²) in [4.78, 5) is 0. The molecule has 206 valence electrons. The first kappa shape index (κ1) is 29.3. The standard InChI is InChI=1S/C20H20.C18H20.CH5N/c1-19(2)11-9-13-5-8-16-15(17(13)19)7-6-14-10-12-20(3,4)18(14)16;1-5-7-15-9-11-18-14(4)16(8-6-2)10-12-17(18)13(15)3;1-2/h5-12H,1-4H3;5-12H,1-4H3;2H2,1H3. The van der Waals surface area contributed by atoms with Crippen LogP contribution in [0.1, 0.15) is 86.1 Å². The van der Waals surface area contributed by atoms with Gasteiger partial charge in [-0.1, -0.05) is 125 Å². The molecule has 0 spiro atoms. The minimum Gasteiger partial charge on any atom is -0.333 e. The number of benzene rings is 4. The third kappa shape index (κ3) is 5.11. The lowest BCUT2D eigenvalue weighted by atomic mass is 9.79. The number of fused-ring (bicyclic) bond motifs is 6. The van der Waals surface area contributed by atoms with Crippen LogP contribution in [0, 0.1) is 13.8 Å². The highest BCUT2D eigenvalue weighted by Crippen LogP contribution is 2.45. The zero-order valence-electron chi connectivity index (χ0n) is 25.8. The van der Waals surface area contributed by atoms with Crippen molar-refractivity contribution in [1.82, 2.24) is 0 Å². The summed E-state index contributed by atoms with van der Waals surface area (Å²) in [6.07, 6.45) is 17.7. The van der Waals surface area contributed by atoms with E-state index >= 15 is 0 Å². The molecule has 2 N–H and O–H groups in total. The fourth-order valence-corrected chi connectivity index (χ4v) is 6.38. The van der Waals surface area contributed by atoms with Gasteiger partial charge in [-0.25, -0.2) is 0 Å². The van der Waals surface area contributed by atoms with Crippen LogP contribution in [0.4, 0.5) is 0 Å². The van der Waals surface area contributed by atoms with Gasteiger partial charge in [0.1, 0.15) is 0 Å². The van der Waals surface area contributed by atoms with Gasteiger partial charge in [0, 0.05) is 10.8 Å². The van der Waals surface area contributed by atoms with Crippen LogP contribution in [-0.4, -0.2) is 7.05 Å². The molecule has 1 nitrogen and oxygen atoms in total. The summed E-state index contributed by atoms with van der Waals surface area (Å²) in [6.45, 7) is 17.8. The van der Waals surface area contributed by atoms with Gasteiger partial charge in [0.2, 0.25) is 0 Å². The average molecular weight is 528 g/mol. The zero-order chi connectivity index (χ0) is 29.2. The summed E-state index contributed by atoms with van der Waals surface area (Å²) in [7, 11) is 1.50. The Morgan fingerprint density at radius 2 is 0.875 bits per heavy atom. The Balaban J connectivity index is 0.000000175. The normalized spacial score (nSPS) is 15.8. The molecular formula is C39H45N. The molecule has 1 heteroatoms. The fraction of sp³-hybridized carbons (Fsp3) is 0.282. The minimum absolute atomic E-state index is 0.138. The Hall–Kier alpha value is -3.68. The highest BCUT2D eigenvalue weighted by Gasteiger charge is 2.31. The van der Waals surface area contributed by atoms with Gasteiger partial charge in [0.25, 0.3) is 0 Å². The molecule has 0 heterocycles. The lowest BCUT2D eigenvalue weighted by Gasteiger charge is -2.25. The maximum atomic E-state index is 4.50. The van der Waals surface area contributed by atoms with Gasteiger partial charge >= 0.3 is 0 Å². The first-order valence-electron chi connectivity index (χ1n) is 14.4. The third-order valence-corrected chi connectivity index (χ3v) is 8.43. The van der Waals surface area contributed by atoms with Gasteiger partial charge in [0.05, 0.1) is 0 Å². The molecular weight excluding hydrogens is 482 g/mol. The molecule has 6 rings (SSSR count). The molecule has 0 aromatic heterocycles. The van der Waals surface area contributed by atoms with Crippen LogP contribution in [0.3, 0.4) is 0 Å². The van der Waals surface area contributed by atoms with E-state index < -0.39 is 0 Å². The van der Waals surface area contributed by atoms with Gasteiger partial charge in [-0.3, -0.25) is 0 Å². The van der Waals surface area contributed by atoms with Gasteiger partial charge < -0.3 is 5.73 Å². The fourth-order valence-electron chi connectivity index (χ4n) is 6.38. The Labute approximate surface area is 241 Å².